The molecule has 0 aliphatic heterocycles. The number of allylic oxidation sites excluding steroid dienone is 12. The van der Waals surface area contributed by atoms with Gasteiger partial charge in [-0.25, -0.2) is 4.57 Å². The van der Waals surface area contributed by atoms with E-state index >= 15 is 0 Å². The predicted molar refractivity (Wildman–Crippen MR) is 288 cm³/mol. The van der Waals surface area contributed by atoms with Crippen LogP contribution in [-0.4, -0.2) is 66.5 Å². The Kier molecular flexibility index (Phi) is 50.0. The molecule has 0 fully saturated rings. The maximum absolute atomic E-state index is 12.9. The van der Waals surface area contributed by atoms with E-state index in [1.54, 1.807) is 0 Å². The number of hydrogen-bond donors (Lipinski definition) is 2. The fourth-order valence-electron chi connectivity index (χ4n) is 7.34. The van der Waals surface area contributed by atoms with E-state index < -0.39 is 57.8 Å². The average Bonchev–Trinajstić information content (AvgIpc) is 3.35. The second kappa shape index (κ2) is 52.2. The summed E-state index contributed by atoms with van der Waals surface area (Å²) in [5.74, 6) is -1.51. The monoisotopic (exact) mass is 1000 g/mol. The summed E-state index contributed by atoms with van der Waals surface area (Å²) in [6.45, 7) is 4.45. The molecule has 0 bridgehead atoms. The van der Waals surface area contributed by atoms with E-state index in [1.165, 1.54) is 51.4 Å². The molecule has 3 unspecified atom stereocenters. The molecule has 0 radical (unpaired) electrons. The van der Waals surface area contributed by atoms with E-state index in [0.29, 0.717) is 19.3 Å². The summed E-state index contributed by atoms with van der Waals surface area (Å²) in [7, 11) is -4.75. The molecule has 0 aliphatic carbocycles. The van der Waals surface area contributed by atoms with Crippen LogP contribution in [-0.2, 0) is 42.2 Å². The third kappa shape index (κ3) is 49.9. The Morgan fingerprint density at radius 2 is 0.743 bits per heavy atom. The second-order valence-electron chi connectivity index (χ2n) is 18.4. The molecule has 404 valence electrons. The number of carbonyl (C=O) groups is 3. The molecule has 0 amide bonds. The minimum atomic E-state index is -4.75. The second-order valence-corrected chi connectivity index (χ2v) is 19.8. The van der Waals surface area contributed by atoms with Crippen LogP contribution in [0, 0.1) is 0 Å². The Morgan fingerprint density at radius 3 is 1.16 bits per heavy atom. The summed E-state index contributed by atoms with van der Waals surface area (Å²) in [5, 5.41) is 9.79. The van der Waals surface area contributed by atoms with Gasteiger partial charge in [-0.05, 0) is 109 Å². The number of carbonyl (C=O) groups excluding carboxylic acids is 3. The lowest BCUT2D eigenvalue weighted by atomic mass is 10.1. The van der Waals surface area contributed by atoms with E-state index in [-0.39, 0.29) is 25.9 Å². The molecule has 0 aliphatic rings. The molecule has 0 heterocycles. The van der Waals surface area contributed by atoms with Crippen molar-refractivity contribution in [3.05, 3.63) is 72.9 Å². The molecule has 11 nitrogen and oxygen atoms in total. The molecule has 0 aromatic rings. The van der Waals surface area contributed by atoms with Crippen LogP contribution < -0.4 is 0 Å². The number of aliphatic hydroxyl groups excluding tert-OH is 1. The first-order valence-electron chi connectivity index (χ1n) is 27.8. The number of hydrogen-bond acceptors (Lipinski definition) is 10. The van der Waals surface area contributed by atoms with Gasteiger partial charge in [-0.2, -0.15) is 0 Å². The van der Waals surface area contributed by atoms with Crippen LogP contribution in [0.5, 0.6) is 0 Å². The lowest BCUT2D eigenvalue weighted by Crippen LogP contribution is -2.30. The lowest BCUT2D eigenvalue weighted by molar-refractivity contribution is -0.161. The zero-order valence-corrected chi connectivity index (χ0v) is 45.4. The molecular weight excluding hydrogens is 904 g/mol. The van der Waals surface area contributed by atoms with E-state index in [2.05, 4.69) is 93.7 Å². The van der Waals surface area contributed by atoms with Gasteiger partial charge in [0.15, 0.2) is 6.10 Å². The van der Waals surface area contributed by atoms with Crippen molar-refractivity contribution in [2.24, 2.45) is 0 Å². The third-order valence-corrected chi connectivity index (χ3v) is 12.5. The zero-order valence-electron chi connectivity index (χ0n) is 44.5. The number of unbranched alkanes of at least 4 members (excludes halogenated alkanes) is 22. The zero-order chi connectivity index (χ0) is 51.3. The van der Waals surface area contributed by atoms with Gasteiger partial charge in [-0.1, -0.05) is 184 Å². The summed E-state index contributed by atoms with van der Waals surface area (Å²) in [6, 6.07) is 0. The Morgan fingerprint density at radius 1 is 0.414 bits per heavy atom. The van der Waals surface area contributed by atoms with Gasteiger partial charge in [0.25, 0.3) is 0 Å². The summed E-state index contributed by atoms with van der Waals surface area (Å²) >= 11 is 0. The molecule has 0 aromatic heterocycles. The van der Waals surface area contributed by atoms with Crippen molar-refractivity contribution < 1.29 is 52.2 Å². The molecule has 70 heavy (non-hydrogen) atoms. The Bertz CT molecular complexity index is 1450. The molecule has 0 rings (SSSR count). The Labute approximate surface area is 427 Å². The van der Waals surface area contributed by atoms with Gasteiger partial charge in [0.1, 0.15) is 12.7 Å². The minimum Gasteiger partial charge on any atom is -0.462 e. The number of phosphoric acid groups is 1. The number of phosphoric ester groups is 1. The lowest BCUT2D eigenvalue weighted by Gasteiger charge is -2.21. The van der Waals surface area contributed by atoms with E-state index in [0.717, 1.165) is 128 Å². The summed E-state index contributed by atoms with van der Waals surface area (Å²) < 4.78 is 39.4. The summed E-state index contributed by atoms with van der Waals surface area (Å²) in [6.07, 6.45) is 57.2. The number of ether oxygens (including phenoxy) is 3. The molecule has 2 N–H and O–H groups in total. The van der Waals surface area contributed by atoms with Crippen LogP contribution in [0.4, 0.5) is 0 Å². The first-order valence-corrected chi connectivity index (χ1v) is 29.3. The van der Waals surface area contributed by atoms with E-state index in [4.69, 9.17) is 23.3 Å². The van der Waals surface area contributed by atoms with Crippen LogP contribution >= 0.6 is 7.82 Å². The van der Waals surface area contributed by atoms with Gasteiger partial charge in [-0.3, -0.25) is 23.4 Å². The number of rotatable bonds is 51. The van der Waals surface area contributed by atoms with Crippen LogP contribution in [0.2, 0.25) is 0 Å². The quantitative estimate of drug-likeness (QED) is 0.0197. The van der Waals surface area contributed by atoms with Crippen molar-refractivity contribution in [2.45, 2.75) is 251 Å². The van der Waals surface area contributed by atoms with Gasteiger partial charge in [0, 0.05) is 19.3 Å². The van der Waals surface area contributed by atoms with Gasteiger partial charge in [-0.15, -0.1) is 0 Å². The maximum atomic E-state index is 12.9. The van der Waals surface area contributed by atoms with Crippen LogP contribution in [0.15, 0.2) is 72.9 Å². The fraction of sp³-hybridized carbons (Fsp3) is 0.741. The minimum absolute atomic E-state index is 0.150. The Hall–Kier alpha value is -3.08. The molecule has 12 heteroatoms. The van der Waals surface area contributed by atoms with Gasteiger partial charge in [0.2, 0.25) is 0 Å². The molecule has 0 saturated carbocycles. The fourth-order valence-corrected chi connectivity index (χ4v) is 8.12. The molecular formula is C58H101O11P. The third-order valence-electron chi connectivity index (χ3n) is 11.6. The highest BCUT2D eigenvalue weighted by Gasteiger charge is 2.28. The molecule has 0 aromatic carbocycles. The highest BCUT2D eigenvalue weighted by atomic mass is 31.2. The average molecular weight is 1010 g/mol. The molecule has 0 spiro atoms. The summed E-state index contributed by atoms with van der Waals surface area (Å²) in [4.78, 5) is 48.4. The number of esters is 3. The smallest absolute Gasteiger partial charge is 0.462 e. The highest BCUT2D eigenvalue weighted by Crippen LogP contribution is 2.43. The Balaban J connectivity index is 4.77. The van der Waals surface area contributed by atoms with Crippen LogP contribution in [0.3, 0.4) is 0 Å². The van der Waals surface area contributed by atoms with Crippen molar-refractivity contribution in [1.82, 2.24) is 0 Å². The predicted octanol–water partition coefficient (Wildman–Crippen LogP) is 16.1. The van der Waals surface area contributed by atoms with Crippen molar-refractivity contribution in [3.8, 4) is 0 Å². The largest absolute Gasteiger partial charge is 0.472 e. The van der Waals surface area contributed by atoms with E-state index in [1.807, 2.05) is 0 Å². The summed E-state index contributed by atoms with van der Waals surface area (Å²) in [5.41, 5.74) is 0. The highest BCUT2D eigenvalue weighted by molar-refractivity contribution is 7.47. The van der Waals surface area contributed by atoms with Crippen molar-refractivity contribution >= 4 is 25.7 Å². The number of aliphatic hydroxyl groups is 1. The van der Waals surface area contributed by atoms with Crippen molar-refractivity contribution in [2.75, 3.05) is 26.4 Å². The molecule has 3 atom stereocenters. The van der Waals surface area contributed by atoms with Crippen molar-refractivity contribution in [3.63, 3.8) is 0 Å². The first-order chi connectivity index (χ1) is 34.2. The van der Waals surface area contributed by atoms with Crippen molar-refractivity contribution in [1.29, 1.82) is 0 Å². The van der Waals surface area contributed by atoms with E-state index in [9.17, 15) is 28.9 Å². The van der Waals surface area contributed by atoms with Gasteiger partial charge < -0.3 is 24.2 Å². The van der Waals surface area contributed by atoms with Crippen LogP contribution in [0.1, 0.15) is 239 Å². The topological polar surface area (TPSA) is 155 Å². The standard InChI is InChI=1S/C58H101O11P/c1-4-7-10-13-16-19-22-25-26-27-28-31-32-35-38-41-44-47-56(60)65-51-55(69-58(62)49-46-43-40-37-34-30-24-21-18-15-12-9-6-3)53-67-70(63,64)66-52-54(50-59)68-57(61)48-45-42-39-36-33-29-23-20-17-14-11-8-5-2/h7,10,16,19-21,23-26,28,31,54-55,59H,4-6,8-9,11-15,17-18,22,27,29-30,32-53H2,1-3H3,(H,63,64)/b10-7-,19-16-,23-20-,24-21-,26-25-,31-28-. The van der Waals surface area contributed by atoms with Gasteiger partial charge in [0.05, 0.1) is 19.8 Å². The van der Waals surface area contributed by atoms with Gasteiger partial charge >= 0.3 is 25.7 Å². The SMILES string of the molecule is CC/C=C\C/C=C\C/C=C\C/C=C\CCCCCCC(=O)OCC(COP(=O)(O)OCC(CO)OC(=O)CCCCCCC/C=C\CCCCCC)OC(=O)CCCCCCC/C=C\CCCCCC. The molecule has 0 saturated heterocycles. The normalized spacial score (nSPS) is 14.0. The first kappa shape index (κ1) is 66.9. The van der Waals surface area contributed by atoms with Crippen LogP contribution in [0.25, 0.3) is 0 Å². The maximum Gasteiger partial charge on any atom is 0.472 e.